The van der Waals surface area contributed by atoms with Gasteiger partial charge in [-0.2, -0.15) is 50.5 Å². The van der Waals surface area contributed by atoms with E-state index in [2.05, 4.69) is 71.8 Å². The number of nitrogens with one attached hydrogen (secondary N) is 4. The van der Waals surface area contributed by atoms with E-state index in [4.69, 9.17) is 0 Å². The van der Waals surface area contributed by atoms with Crippen LogP contribution in [0, 0.1) is 0 Å². The second-order valence-corrected chi connectivity index (χ2v) is 8.48. The molecule has 4 atom stereocenters. The standard InChI is InChI=1S/4C5H9NO3S.Pt/c4*1-3(7)6-4(2-10)5(8)9;/h4*4,10H,2H2,1H3,(H,6,7)(H,8,9);/q;;;;+4/p-4/t4*4-;/m1111./s1. The number of aliphatic carboxylic acids is 4. The van der Waals surface area contributed by atoms with Gasteiger partial charge in [0.15, 0.2) is 0 Å². The quantitative estimate of drug-likeness (QED) is 0.0852. The van der Waals surface area contributed by atoms with Crippen LogP contribution in [0.2, 0.25) is 0 Å². The van der Waals surface area contributed by atoms with Crippen LogP contribution in [0.4, 0.5) is 0 Å². The zero-order valence-corrected chi connectivity index (χ0v) is 28.0. The van der Waals surface area contributed by atoms with Crippen LogP contribution in [0.1, 0.15) is 27.7 Å². The molecule has 0 fully saturated rings. The Labute approximate surface area is 272 Å². The van der Waals surface area contributed by atoms with Gasteiger partial charge < -0.3 is 60.9 Å². The molecule has 0 radical (unpaired) electrons. The van der Waals surface area contributed by atoms with Crippen molar-refractivity contribution in [3.8, 4) is 0 Å². The Bertz CT molecular complexity index is 734. The van der Waals surface area contributed by atoms with Crippen LogP contribution in [0.3, 0.4) is 0 Å². The van der Waals surface area contributed by atoms with Crippen LogP contribution in [-0.2, 0) is 59.4 Å². The molecule has 0 rings (SSSR count). The number of hydrogen-bond donors (Lipinski definition) is 8. The summed E-state index contributed by atoms with van der Waals surface area (Å²) in [6.45, 7) is 4.94. The van der Waals surface area contributed by atoms with E-state index in [1.54, 1.807) is 0 Å². The Kier molecular flexibility index (Phi) is 34.8. The van der Waals surface area contributed by atoms with Crippen LogP contribution in [0.5, 0.6) is 0 Å². The Morgan fingerprint density at radius 3 is 0.585 bits per heavy atom. The molecule has 0 spiro atoms. The van der Waals surface area contributed by atoms with Crippen LogP contribution in [-0.4, -0.2) is 94.7 Å². The molecule has 0 aromatic rings. The third kappa shape index (κ3) is 34.0. The minimum Gasteiger partial charge on any atom is -0.548 e. The summed E-state index contributed by atoms with van der Waals surface area (Å²) in [6, 6.07) is -3.94. The third-order valence-electron chi connectivity index (χ3n) is 3.38. The number of carbonyl (C=O) groups is 8. The first-order valence-electron chi connectivity index (χ1n) is 10.7. The van der Waals surface area contributed by atoms with E-state index >= 15 is 0 Å². The first-order chi connectivity index (χ1) is 18.3. The maximum atomic E-state index is 10.3. The van der Waals surface area contributed by atoms with Crippen LogP contribution < -0.4 is 41.7 Å². The number of thiol groups is 4. The number of carbonyl (C=O) groups excluding carboxylic acids is 8. The normalized spacial score (nSPS) is 11.9. The molecule has 0 saturated carbocycles. The molecule has 0 heterocycles. The second-order valence-electron chi connectivity index (χ2n) is 7.02. The first kappa shape index (κ1) is 48.6. The van der Waals surface area contributed by atoms with E-state index in [9.17, 15) is 58.8 Å². The van der Waals surface area contributed by atoms with Crippen molar-refractivity contribution in [2.75, 3.05) is 23.0 Å². The molecule has 0 saturated heterocycles. The molecule has 4 N–H and O–H groups in total. The van der Waals surface area contributed by atoms with Crippen molar-refractivity contribution in [3.63, 3.8) is 0 Å². The van der Waals surface area contributed by atoms with Crippen LogP contribution in [0.15, 0.2) is 0 Å². The molecule has 0 aromatic carbocycles. The first-order valence-corrected chi connectivity index (χ1v) is 13.2. The third-order valence-corrected chi connectivity index (χ3v) is 4.84. The molecule has 21 heteroatoms. The van der Waals surface area contributed by atoms with Gasteiger partial charge in [-0.1, -0.05) is 0 Å². The van der Waals surface area contributed by atoms with Gasteiger partial charge in [0.25, 0.3) is 0 Å². The molecule has 0 aliphatic rings. The molecule has 0 aliphatic carbocycles. The molecule has 4 amide bonds. The van der Waals surface area contributed by atoms with Crippen molar-refractivity contribution in [1.82, 2.24) is 21.3 Å². The Morgan fingerprint density at radius 2 is 0.561 bits per heavy atom. The van der Waals surface area contributed by atoms with E-state index in [1.807, 2.05) is 0 Å². The summed E-state index contributed by atoms with van der Waals surface area (Å²) in [5.74, 6) is -6.68. The summed E-state index contributed by atoms with van der Waals surface area (Å²) >= 11 is 14.8. The fourth-order valence-electron chi connectivity index (χ4n) is 1.70. The average molecular weight is 844 g/mol. The number of amides is 4. The van der Waals surface area contributed by atoms with Crippen molar-refractivity contribution < 1.29 is 79.8 Å². The van der Waals surface area contributed by atoms with Crippen LogP contribution in [0.25, 0.3) is 0 Å². The molecule has 0 aliphatic heterocycles. The maximum absolute atomic E-state index is 10.3. The molecular formula is C20H32N4O12PtS4. The van der Waals surface area contributed by atoms with Crippen molar-refractivity contribution in [1.29, 1.82) is 0 Å². The van der Waals surface area contributed by atoms with Crippen molar-refractivity contribution >= 4 is 98.0 Å². The van der Waals surface area contributed by atoms with Gasteiger partial charge in [-0.3, -0.25) is 19.2 Å². The summed E-state index contributed by atoms with van der Waals surface area (Å²) in [7, 11) is 0. The van der Waals surface area contributed by atoms with Crippen molar-refractivity contribution in [3.05, 3.63) is 0 Å². The molecule has 238 valence electrons. The summed E-state index contributed by atoms with van der Waals surface area (Å²) in [6.07, 6.45) is 0. The Balaban J connectivity index is -0.000000139. The zero-order valence-electron chi connectivity index (χ0n) is 22.1. The monoisotopic (exact) mass is 843 g/mol. The minimum absolute atomic E-state index is 0. The van der Waals surface area contributed by atoms with E-state index in [-0.39, 0.29) is 44.1 Å². The predicted molar refractivity (Wildman–Crippen MR) is 146 cm³/mol. The van der Waals surface area contributed by atoms with Gasteiger partial charge in [-0.05, 0) is 0 Å². The zero-order chi connectivity index (χ0) is 32.6. The Morgan fingerprint density at radius 1 is 0.439 bits per heavy atom. The van der Waals surface area contributed by atoms with E-state index in [0.717, 1.165) is 0 Å². The molecule has 0 bridgehead atoms. The molecular weight excluding hydrogens is 812 g/mol. The van der Waals surface area contributed by atoms with Crippen molar-refractivity contribution in [2.45, 2.75) is 51.9 Å². The number of carboxylic acids is 4. The molecule has 0 aromatic heterocycles. The fourth-order valence-corrected chi connectivity index (χ4v) is 2.66. The second kappa shape index (κ2) is 29.3. The van der Waals surface area contributed by atoms with Gasteiger partial charge >= 0.3 is 21.1 Å². The van der Waals surface area contributed by atoms with Gasteiger partial charge in [0.05, 0.1) is 48.0 Å². The van der Waals surface area contributed by atoms with Crippen LogP contribution >= 0.6 is 50.5 Å². The summed E-state index contributed by atoms with van der Waals surface area (Å²) in [4.78, 5) is 81.5. The number of rotatable bonds is 12. The van der Waals surface area contributed by atoms with Gasteiger partial charge in [0.2, 0.25) is 23.6 Å². The minimum atomic E-state index is -1.31. The van der Waals surface area contributed by atoms with Gasteiger partial charge in [0, 0.05) is 50.7 Å². The van der Waals surface area contributed by atoms with Gasteiger partial charge in [-0.25, -0.2) is 0 Å². The largest absolute Gasteiger partial charge is 4.00 e. The molecule has 41 heavy (non-hydrogen) atoms. The van der Waals surface area contributed by atoms with Crippen molar-refractivity contribution in [2.24, 2.45) is 0 Å². The van der Waals surface area contributed by atoms with Gasteiger partial charge in [-0.15, -0.1) is 0 Å². The summed E-state index contributed by atoms with van der Waals surface area (Å²) in [5, 5.41) is 49.0. The van der Waals surface area contributed by atoms with Gasteiger partial charge in [0.1, 0.15) is 0 Å². The number of carboxylic acid groups (broad SMARTS) is 4. The van der Waals surface area contributed by atoms with E-state index < -0.39 is 71.7 Å². The summed E-state index contributed by atoms with van der Waals surface area (Å²) in [5.41, 5.74) is 0. The molecule has 0 unspecified atom stereocenters. The fraction of sp³-hybridized carbons (Fsp3) is 0.600. The smallest absolute Gasteiger partial charge is 0.548 e. The number of hydrogen-bond acceptors (Lipinski definition) is 16. The van der Waals surface area contributed by atoms with E-state index in [0.29, 0.717) is 0 Å². The topological polar surface area (TPSA) is 277 Å². The SMILES string of the molecule is CC(=O)N[C@H](CS)C(=O)[O-].CC(=O)N[C@H](CS)C(=O)[O-].CC(=O)N[C@H](CS)C(=O)[O-].CC(=O)N[C@H](CS)C(=O)[O-].[Pt+4]. The van der Waals surface area contributed by atoms with E-state index in [1.165, 1.54) is 27.7 Å². The average Bonchev–Trinajstić information content (AvgIpc) is 2.82. The molecule has 16 nitrogen and oxygen atoms in total. The maximum Gasteiger partial charge on any atom is 4.00 e. The Hall–Kier alpha value is -2.15. The predicted octanol–water partition coefficient (Wildman–Crippen LogP) is -7.32. The summed E-state index contributed by atoms with van der Waals surface area (Å²) < 4.78 is 0.